The van der Waals surface area contributed by atoms with Crippen LogP contribution in [0.25, 0.3) is 0 Å². The summed E-state index contributed by atoms with van der Waals surface area (Å²) in [7, 11) is 0. The van der Waals surface area contributed by atoms with Crippen LogP contribution in [0.4, 0.5) is 0 Å². The summed E-state index contributed by atoms with van der Waals surface area (Å²) in [6.45, 7) is 2.20. The Balaban J connectivity index is 1.67. The van der Waals surface area contributed by atoms with Gasteiger partial charge >= 0.3 is 5.97 Å². The van der Waals surface area contributed by atoms with Crippen molar-refractivity contribution in [1.82, 2.24) is 0 Å². The first-order chi connectivity index (χ1) is 9.25. The van der Waals surface area contributed by atoms with Crippen LogP contribution in [0.3, 0.4) is 0 Å². The van der Waals surface area contributed by atoms with Crippen molar-refractivity contribution in [1.29, 1.82) is 0 Å². The number of esters is 1. The van der Waals surface area contributed by atoms with Crippen LogP contribution in [-0.4, -0.2) is 12.1 Å². The molecule has 1 saturated carbocycles. The van der Waals surface area contributed by atoms with E-state index in [1.54, 1.807) is 0 Å². The molecule has 19 heavy (non-hydrogen) atoms. The van der Waals surface area contributed by atoms with Crippen molar-refractivity contribution < 1.29 is 9.53 Å². The summed E-state index contributed by atoms with van der Waals surface area (Å²) < 4.78 is 5.60. The zero-order chi connectivity index (χ0) is 13.5. The second kappa shape index (κ2) is 7.32. The topological polar surface area (TPSA) is 26.3 Å². The van der Waals surface area contributed by atoms with E-state index in [1.165, 1.54) is 24.8 Å². The predicted octanol–water partition coefficient (Wildman–Crippen LogP) is 4.13. The molecule has 0 unspecified atom stereocenters. The smallest absolute Gasteiger partial charge is 0.306 e. The minimum Gasteiger partial charge on any atom is -0.462 e. The Bertz CT molecular complexity index is 386. The maximum Gasteiger partial charge on any atom is 0.306 e. The van der Waals surface area contributed by atoms with E-state index < -0.39 is 0 Å². The van der Waals surface area contributed by atoms with Crippen LogP contribution < -0.4 is 0 Å². The molecule has 1 aromatic rings. The molecule has 0 radical (unpaired) electrons. The number of aryl methyl sites for hydroxylation is 1. The van der Waals surface area contributed by atoms with Gasteiger partial charge in [-0.2, -0.15) is 0 Å². The van der Waals surface area contributed by atoms with E-state index in [2.05, 4.69) is 19.1 Å². The van der Waals surface area contributed by atoms with Gasteiger partial charge in [-0.05, 0) is 43.6 Å². The molecule has 0 aromatic heterocycles. The Kier molecular flexibility index (Phi) is 5.44. The Morgan fingerprint density at radius 1 is 1.21 bits per heavy atom. The van der Waals surface area contributed by atoms with Gasteiger partial charge in [0.05, 0.1) is 0 Å². The highest BCUT2D eigenvalue weighted by molar-refractivity contribution is 5.69. The molecule has 2 rings (SSSR count). The third-order valence-electron chi connectivity index (χ3n) is 4.00. The molecular formula is C17H24O2. The Labute approximate surface area is 116 Å². The molecule has 0 heterocycles. The first-order valence-corrected chi connectivity index (χ1v) is 7.49. The lowest BCUT2D eigenvalue weighted by Crippen LogP contribution is -2.28. The highest BCUT2D eigenvalue weighted by Gasteiger charge is 2.24. The monoisotopic (exact) mass is 260 g/mol. The molecule has 2 nitrogen and oxygen atoms in total. The molecule has 1 aliphatic carbocycles. The van der Waals surface area contributed by atoms with Crippen molar-refractivity contribution in [3.8, 4) is 0 Å². The molecule has 1 aliphatic rings. The number of benzene rings is 1. The highest BCUT2D eigenvalue weighted by Crippen LogP contribution is 2.26. The van der Waals surface area contributed by atoms with Crippen molar-refractivity contribution in [2.75, 3.05) is 0 Å². The zero-order valence-corrected chi connectivity index (χ0v) is 11.8. The van der Waals surface area contributed by atoms with Gasteiger partial charge in [0.15, 0.2) is 0 Å². The van der Waals surface area contributed by atoms with Crippen LogP contribution in [0.1, 0.15) is 51.0 Å². The van der Waals surface area contributed by atoms with E-state index in [1.807, 2.05) is 18.2 Å². The van der Waals surface area contributed by atoms with Gasteiger partial charge in [0.25, 0.3) is 0 Å². The quantitative estimate of drug-likeness (QED) is 0.744. The van der Waals surface area contributed by atoms with Crippen molar-refractivity contribution in [3.63, 3.8) is 0 Å². The van der Waals surface area contributed by atoms with E-state index >= 15 is 0 Å². The summed E-state index contributed by atoms with van der Waals surface area (Å²) in [6.07, 6.45) is 7.26. The first-order valence-electron chi connectivity index (χ1n) is 7.49. The molecule has 0 saturated heterocycles. The minimum atomic E-state index is -0.0188. The average molecular weight is 260 g/mol. The number of rotatable bonds is 5. The maximum absolute atomic E-state index is 11.8. The molecule has 0 amide bonds. The second-order valence-corrected chi connectivity index (χ2v) is 5.63. The average Bonchev–Trinajstić information content (AvgIpc) is 2.43. The Morgan fingerprint density at radius 2 is 1.95 bits per heavy atom. The number of ether oxygens (including phenoxy) is 1. The zero-order valence-electron chi connectivity index (χ0n) is 11.8. The summed E-state index contributed by atoms with van der Waals surface area (Å²) in [4.78, 5) is 11.8. The molecule has 2 atom stereocenters. The fraction of sp³-hybridized carbons (Fsp3) is 0.588. The van der Waals surface area contributed by atoms with Gasteiger partial charge in [0, 0.05) is 6.42 Å². The van der Waals surface area contributed by atoms with Gasteiger partial charge in [-0.3, -0.25) is 4.79 Å². The Morgan fingerprint density at radius 3 is 2.68 bits per heavy atom. The highest BCUT2D eigenvalue weighted by atomic mass is 16.5. The standard InChI is InChI=1S/C17H24O2/c1-14-8-5-6-12-16(14)19-17(18)13-7-11-15-9-3-2-4-10-15/h2-4,9-10,14,16H,5-8,11-13H2,1H3/t14-,16+/m0/s1. The molecule has 0 bridgehead atoms. The molecule has 0 spiro atoms. The van der Waals surface area contributed by atoms with E-state index in [4.69, 9.17) is 4.74 Å². The van der Waals surface area contributed by atoms with Gasteiger partial charge in [-0.15, -0.1) is 0 Å². The van der Waals surface area contributed by atoms with E-state index in [0.29, 0.717) is 12.3 Å². The minimum absolute atomic E-state index is 0.0188. The van der Waals surface area contributed by atoms with Gasteiger partial charge in [0.1, 0.15) is 6.10 Å². The van der Waals surface area contributed by atoms with Crippen molar-refractivity contribution >= 4 is 5.97 Å². The molecular weight excluding hydrogens is 236 g/mol. The van der Waals surface area contributed by atoms with Crippen molar-refractivity contribution in [3.05, 3.63) is 35.9 Å². The van der Waals surface area contributed by atoms with E-state index in [-0.39, 0.29) is 12.1 Å². The third kappa shape index (κ3) is 4.70. The second-order valence-electron chi connectivity index (χ2n) is 5.63. The Hall–Kier alpha value is -1.31. The molecule has 2 heteroatoms. The molecule has 1 fully saturated rings. The maximum atomic E-state index is 11.8. The molecule has 0 N–H and O–H groups in total. The number of carbonyl (C=O) groups excluding carboxylic acids is 1. The van der Waals surface area contributed by atoms with Crippen molar-refractivity contribution in [2.45, 2.75) is 58.0 Å². The van der Waals surface area contributed by atoms with Crippen LogP contribution in [0.15, 0.2) is 30.3 Å². The molecule has 1 aromatic carbocycles. The third-order valence-corrected chi connectivity index (χ3v) is 4.00. The van der Waals surface area contributed by atoms with Gasteiger partial charge in [-0.25, -0.2) is 0 Å². The lowest BCUT2D eigenvalue weighted by atomic mass is 9.88. The summed E-state index contributed by atoms with van der Waals surface area (Å²) in [5, 5.41) is 0. The van der Waals surface area contributed by atoms with Crippen LogP contribution in [0, 0.1) is 5.92 Å². The number of carbonyl (C=O) groups is 1. The van der Waals surface area contributed by atoms with Crippen molar-refractivity contribution in [2.24, 2.45) is 5.92 Å². The number of hydrogen-bond acceptors (Lipinski definition) is 2. The fourth-order valence-electron chi connectivity index (χ4n) is 2.77. The van der Waals surface area contributed by atoms with Crippen LogP contribution >= 0.6 is 0 Å². The van der Waals surface area contributed by atoms with Gasteiger partial charge in [-0.1, -0.05) is 43.7 Å². The summed E-state index contributed by atoms with van der Waals surface area (Å²) >= 11 is 0. The van der Waals surface area contributed by atoms with Crippen LogP contribution in [0.5, 0.6) is 0 Å². The van der Waals surface area contributed by atoms with E-state index in [9.17, 15) is 4.79 Å². The normalized spacial score (nSPS) is 23.0. The van der Waals surface area contributed by atoms with Crippen LogP contribution in [-0.2, 0) is 16.0 Å². The first kappa shape index (κ1) is 14.1. The lowest BCUT2D eigenvalue weighted by Gasteiger charge is -2.28. The number of hydrogen-bond donors (Lipinski definition) is 0. The predicted molar refractivity (Wildman–Crippen MR) is 76.9 cm³/mol. The van der Waals surface area contributed by atoms with Gasteiger partial charge < -0.3 is 4.74 Å². The van der Waals surface area contributed by atoms with Crippen LogP contribution in [0.2, 0.25) is 0 Å². The lowest BCUT2D eigenvalue weighted by molar-refractivity contribution is -0.153. The SMILES string of the molecule is C[C@H]1CCCC[C@H]1OC(=O)CCCc1ccccc1. The molecule has 104 valence electrons. The summed E-state index contributed by atoms with van der Waals surface area (Å²) in [6, 6.07) is 10.3. The van der Waals surface area contributed by atoms with E-state index in [0.717, 1.165) is 19.3 Å². The van der Waals surface area contributed by atoms with Gasteiger partial charge in [0.2, 0.25) is 0 Å². The largest absolute Gasteiger partial charge is 0.462 e. The fourth-order valence-corrected chi connectivity index (χ4v) is 2.77. The summed E-state index contributed by atoms with van der Waals surface area (Å²) in [5.41, 5.74) is 1.29. The summed E-state index contributed by atoms with van der Waals surface area (Å²) in [5.74, 6) is 0.515. The molecule has 0 aliphatic heterocycles.